The summed E-state index contributed by atoms with van der Waals surface area (Å²) in [7, 11) is 1.64. The molecule has 1 aromatic heterocycles. The molecule has 3 aliphatic rings. The fourth-order valence-corrected chi connectivity index (χ4v) is 5.90. The highest BCUT2D eigenvalue weighted by molar-refractivity contribution is 5.86. The van der Waals surface area contributed by atoms with Gasteiger partial charge in [-0.25, -0.2) is 8.78 Å². The number of aromatic nitrogens is 2. The van der Waals surface area contributed by atoms with Crippen molar-refractivity contribution >= 4 is 11.8 Å². The van der Waals surface area contributed by atoms with Crippen molar-refractivity contribution in [3.63, 3.8) is 0 Å². The molecule has 2 fully saturated rings. The molecule has 0 bridgehead atoms. The second-order valence-corrected chi connectivity index (χ2v) is 9.86. The highest BCUT2D eigenvalue weighted by Crippen LogP contribution is 2.53. The summed E-state index contributed by atoms with van der Waals surface area (Å²) in [5.74, 6) is -0.812. The average molecular weight is 455 g/mol. The first kappa shape index (κ1) is 21.9. The van der Waals surface area contributed by atoms with Crippen molar-refractivity contribution in [3.05, 3.63) is 47.2 Å². The fourth-order valence-electron chi connectivity index (χ4n) is 5.90. The van der Waals surface area contributed by atoms with E-state index in [0.29, 0.717) is 25.2 Å². The fraction of sp³-hybridized carbons (Fsp3) is 0.520. The molecule has 1 saturated carbocycles. The molecule has 8 heteroatoms. The number of hydrogen-bond acceptors (Lipinski definition) is 4. The van der Waals surface area contributed by atoms with Crippen LogP contribution in [0.15, 0.2) is 24.3 Å². The number of carbonyl (C=O) groups excluding carboxylic acids is 2. The number of hydrogen-bond donors (Lipinski definition) is 1. The minimum atomic E-state index is -0.684. The summed E-state index contributed by atoms with van der Waals surface area (Å²) in [5, 5.41) is 11.2. The van der Waals surface area contributed by atoms with Crippen LogP contribution < -0.4 is 5.32 Å². The Morgan fingerprint density at radius 1 is 1.09 bits per heavy atom. The Balaban J connectivity index is 1.44. The van der Waals surface area contributed by atoms with Gasteiger partial charge in [0, 0.05) is 26.1 Å². The Hall–Kier alpha value is -2.90. The van der Waals surface area contributed by atoms with E-state index in [0.717, 1.165) is 12.0 Å². The normalized spacial score (nSPS) is 27.8. The Morgan fingerprint density at radius 3 is 2.36 bits per heavy atom. The number of carbonyl (C=O) groups is 2. The van der Waals surface area contributed by atoms with E-state index in [1.54, 1.807) is 13.1 Å². The zero-order chi connectivity index (χ0) is 23.4. The average Bonchev–Trinajstić information content (AvgIpc) is 3.29. The summed E-state index contributed by atoms with van der Waals surface area (Å²) in [6.07, 6.45) is 1.47. The Bertz CT molecular complexity index is 1090. The van der Waals surface area contributed by atoms with Crippen molar-refractivity contribution in [1.29, 1.82) is 0 Å². The molecule has 0 radical (unpaired) electrons. The highest BCUT2D eigenvalue weighted by Gasteiger charge is 2.60. The van der Waals surface area contributed by atoms with E-state index >= 15 is 0 Å². The molecule has 33 heavy (non-hydrogen) atoms. The van der Waals surface area contributed by atoms with Crippen molar-refractivity contribution in [2.75, 3.05) is 20.1 Å². The molecular formula is C25H28F2N4O2. The largest absolute Gasteiger partial charge is 0.359 e. The van der Waals surface area contributed by atoms with Gasteiger partial charge in [0.05, 0.1) is 22.9 Å². The van der Waals surface area contributed by atoms with Crippen molar-refractivity contribution in [1.82, 2.24) is 20.4 Å². The van der Waals surface area contributed by atoms with E-state index in [1.807, 2.05) is 4.90 Å². The van der Waals surface area contributed by atoms with Gasteiger partial charge in [-0.2, -0.15) is 5.10 Å². The van der Waals surface area contributed by atoms with Crippen LogP contribution in [0.3, 0.4) is 0 Å². The summed E-state index contributed by atoms with van der Waals surface area (Å²) < 4.78 is 28.8. The van der Waals surface area contributed by atoms with Gasteiger partial charge in [0.25, 0.3) is 0 Å². The van der Waals surface area contributed by atoms with Gasteiger partial charge in [0.1, 0.15) is 11.6 Å². The molecule has 2 heterocycles. The highest BCUT2D eigenvalue weighted by atomic mass is 19.1. The van der Waals surface area contributed by atoms with Crippen molar-refractivity contribution < 1.29 is 18.4 Å². The van der Waals surface area contributed by atoms with Crippen LogP contribution in [0.1, 0.15) is 49.8 Å². The van der Waals surface area contributed by atoms with Crippen molar-refractivity contribution in [2.45, 2.75) is 38.5 Å². The molecule has 1 N–H and O–H groups in total. The molecule has 1 saturated heterocycles. The van der Waals surface area contributed by atoms with Crippen LogP contribution in [0.2, 0.25) is 0 Å². The van der Waals surface area contributed by atoms with Gasteiger partial charge >= 0.3 is 0 Å². The zero-order valence-corrected chi connectivity index (χ0v) is 19.0. The molecule has 1 unspecified atom stereocenters. The third-order valence-corrected chi connectivity index (χ3v) is 7.73. The number of nitrogens with one attached hydrogen (secondary N) is 1. The van der Waals surface area contributed by atoms with Gasteiger partial charge < -0.3 is 10.2 Å². The quantitative estimate of drug-likeness (QED) is 0.768. The standard InChI is InChI=1S/C25H28F2N4O2/c1-12(2)13-7-8-14(25(33)31-10-16-17(11-31)21(16)24(32)28-3)23-15(13)9-20(29-30-23)22-18(26)5-4-6-19(22)27/h4-6,9,12-14,16-17,21H,7-8,10-11H2,1-3H3,(H,28,32)/t13-,14?,16-,17+,21+/m0/s1. The molecule has 2 aromatic rings. The van der Waals surface area contributed by atoms with Gasteiger partial charge in [0.15, 0.2) is 0 Å². The first-order chi connectivity index (χ1) is 15.8. The SMILES string of the molecule is CNC(=O)[C@H]1[C@@H]2CN(C(=O)C3CC[C@@H](C(C)C)c4cc(-c5c(F)cccc5F)nnc43)C[C@@H]21. The predicted molar refractivity (Wildman–Crippen MR) is 118 cm³/mol. The van der Waals surface area contributed by atoms with E-state index < -0.39 is 17.6 Å². The third kappa shape index (κ3) is 3.60. The van der Waals surface area contributed by atoms with Gasteiger partial charge in [0.2, 0.25) is 11.8 Å². The van der Waals surface area contributed by atoms with Crippen LogP contribution in [-0.4, -0.2) is 47.0 Å². The van der Waals surface area contributed by atoms with E-state index in [-0.39, 0.29) is 52.7 Å². The maximum Gasteiger partial charge on any atom is 0.231 e. The van der Waals surface area contributed by atoms with Crippen LogP contribution in [-0.2, 0) is 9.59 Å². The predicted octanol–water partition coefficient (Wildman–Crippen LogP) is 3.49. The third-order valence-electron chi connectivity index (χ3n) is 7.73. The number of benzene rings is 1. The van der Waals surface area contributed by atoms with E-state index in [1.165, 1.54) is 18.2 Å². The molecule has 1 aliphatic heterocycles. The number of piperidine rings is 1. The Labute approximate surface area is 191 Å². The monoisotopic (exact) mass is 454 g/mol. The lowest BCUT2D eigenvalue weighted by Gasteiger charge is -2.34. The first-order valence-electron chi connectivity index (χ1n) is 11.6. The Morgan fingerprint density at radius 2 is 1.76 bits per heavy atom. The molecule has 5 rings (SSSR count). The summed E-state index contributed by atoms with van der Waals surface area (Å²) >= 11 is 0. The molecule has 5 atom stereocenters. The summed E-state index contributed by atoms with van der Waals surface area (Å²) in [6.45, 7) is 5.39. The number of halogens is 2. The minimum absolute atomic E-state index is 0.0143. The van der Waals surface area contributed by atoms with E-state index in [2.05, 4.69) is 29.4 Å². The summed E-state index contributed by atoms with van der Waals surface area (Å²) in [4.78, 5) is 27.2. The molecule has 0 spiro atoms. The number of rotatable bonds is 4. The van der Waals surface area contributed by atoms with Crippen LogP contribution in [0.4, 0.5) is 8.78 Å². The van der Waals surface area contributed by atoms with Gasteiger partial charge in [-0.1, -0.05) is 19.9 Å². The Kier molecular flexibility index (Phi) is 5.41. The first-order valence-corrected chi connectivity index (χ1v) is 11.6. The van der Waals surface area contributed by atoms with Crippen molar-refractivity contribution in [3.8, 4) is 11.3 Å². The lowest BCUT2D eigenvalue weighted by atomic mass is 9.74. The number of nitrogens with zero attached hydrogens (tertiary/aromatic N) is 3. The van der Waals surface area contributed by atoms with Crippen molar-refractivity contribution in [2.24, 2.45) is 23.7 Å². The van der Waals surface area contributed by atoms with Crippen LogP contribution in [0, 0.1) is 35.3 Å². The molecule has 2 amide bonds. The molecule has 1 aromatic carbocycles. The molecule has 174 valence electrons. The minimum Gasteiger partial charge on any atom is -0.359 e. The number of fused-ring (bicyclic) bond motifs is 2. The lowest BCUT2D eigenvalue weighted by Crippen LogP contribution is -2.39. The van der Waals surface area contributed by atoms with Crippen LogP contribution in [0.5, 0.6) is 0 Å². The van der Waals surface area contributed by atoms with E-state index in [9.17, 15) is 18.4 Å². The van der Waals surface area contributed by atoms with Crippen LogP contribution >= 0.6 is 0 Å². The topological polar surface area (TPSA) is 75.2 Å². The number of amides is 2. The second kappa shape index (κ2) is 8.15. The molecule has 2 aliphatic carbocycles. The zero-order valence-electron chi connectivity index (χ0n) is 19.0. The van der Waals surface area contributed by atoms with Gasteiger partial charge in [-0.05, 0) is 60.3 Å². The maximum atomic E-state index is 14.4. The maximum absolute atomic E-state index is 14.4. The second-order valence-electron chi connectivity index (χ2n) is 9.86. The number of likely N-dealkylation sites (tertiary alicyclic amines) is 1. The molecular weight excluding hydrogens is 426 g/mol. The van der Waals surface area contributed by atoms with Gasteiger partial charge in [-0.15, -0.1) is 5.10 Å². The van der Waals surface area contributed by atoms with Gasteiger partial charge in [-0.3, -0.25) is 9.59 Å². The smallest absolute Gasteiger partial charge is 0.231 e. The summed E-state index contributed by atoms with van der Waals surface area (Å²) in [5.41, 5.74) is 1.44. The summed E-state index contributed by atoms with van der Waals surface area (Å²) in [6, 6.07) is 5.45. The lowest BCUT2D eigenvalue weighted by molar-refractivity contribution is -0.134. The molecule has 6 nitrogen and oxygen atoms in total. The van der Waals surface area contributed by atoms with Crippen LogP contribution in [0.25, 0.3) is 11.3 Å². The van der Waals surface area contributed by atoms with E-state index in [4.69, 9.17) is 0 Å².